The molecule has 0 aliphatic carbocycles. The Morgan fingerprint density at radius 1 is 0.783 bits per heavy atom. The summed E-state index contributed by atoms with van der Waals surface area (Å²) in [5.41, 5.74) is 0.911. The Morgan fingerprint density at radius 2 is 1.26 bits per heavy atom. The van der Waals surface area contributed by atoms with Gasteiger partial charge in [-0.3, -0.25) is 0 Å². The van der Waals surface area contributed by atoms with Crippen LogP contribution in [0.25, 0.3) is 0 Å². The van der Waals surface area contributed by atoms with E-state index in [2.05, 4.69) is 20.8 Å². The van der Waals surface area contributed by atoms with Gasteiger partial charge in [0.25, 0.3) is 0 Å². The molecule has 0 N–H and O–H groups in total. The van der Waals surface area contributed by atoms with Crippen molar-refractivity contribution in [2.75, 3.05) is 0 Å². The summed E-state index contributed by atoms with van der Waals surface area (Å²) in [7, 11) is 0. The van der Waals surface area contributed by atoms with Crippen molar-refractivity contribution >= 4 is 24.2 Å². The Bertz CT molecular complexity index is 405. The zero-order chi connectivity index (χ0) is 17.0. The summed E-state index contributed by atoms with van der Waals surface area (Å²) in [5.74, 6) is 0.371. The molecule has 0 radical (unpaired) electrons. The first kappa shape index (κ1) is 20.7. The first-order valence-corrected chi connectivity index (χ1v) is 17.8. The van der Waals surface area contributed by atoms with E-state index in [0.29, 0.717) is 5.78 Å². The van der Waals surface area contributed by atoms with E-state index in [-0.39, 0.29) is 0 Å². The third kappa shape index (κ3) is 7.87. The first-order valence-electron chi connectivity index (χ1n) is 9.75. The predicted molar refractivity (Wildman–Crippen MR) is 105 cm³/mol. The quantitative estimate of drug-likeness (QED) is 0.244. The zero-order valence-corrected chi connectivity index (χ0v) is 18.4. The molecule has 0 saturated heterocycles. The van der Waals surface area contributed by atoms with Gasteiger partial charge in [0.15, 0.2) is 0 Å². The van der Waals surface area contributed by atoms with Crippen LogP contribution in [0.5, 0.6) is 0 Å². The van der Waals surface area contributed by atoms with Gasteiger partial charge in [-0.1, -0.05) is 0 Å². The van der Waals surface area contributed by atoms with Gasteiger partial charge in [0, 0.05) is 0 Å². The molecular formula is C21H36OSn. The van der Waals surface area contributed by atoms with Crippen molar-refractivity contribution in [3.63, 3.8) is 0 Å². The van der Waals surface area contributed by atoms with Crippen LogP contribution >= 0.6 is 0 Å². The number of unbranched alkanes of at least 4 members (excludes halogenated alkanes) is 3. The number of hydrogen-bond donors (Lipinski definition) is 0. The monoisotopic (exact) mass is 424 g/mol. The molecule has 0 atom stereocenters. The first-order chi connectivity index (χ1) is 11.2. The van der Waals surface area contributed by atoms with Gasteiger partial charge in [0.1, 0.15) is 0 Å². The second-order valence-electron chi connectivity index (χ2n) is 7.10. The number of hydrogen-bond acceptors (Lipinski definition) is 1. The third-order valence-corrected chi connectivity index (χ3v) is 21.0. The molecule has 0 saturated carbocycles. The Kier molecular flexibility index (Phi) is 10.9. The van der Waals surface area contributed by atoms with E-state index in [4.69, 9.17) is 0 Å². The molecule has 0 aliphatic rings. The Hall–Kier alpha value is -0.311. The molecule has 0 unspecified atom stereocenters. The Balaban J connectivity index is 2.73. The fraction of sp³-hybridized carbons (Fsp3) is 0.667. The van der Waals surface area contributed by atoms with Crippen molar-refractivity contribution in [2.24, 2.45) is 0 Å². The third-order valence-electron chi connectivity index (χ3n) is 5.16. The summed E-state index contributed by atoms with van der Waals surface area (Å²) in [5, 5.41) is 0. The molecule has 0 bridgehead atoms. The van der Waals surface area contributed by atoms with Gasteiger partial charge < -0.3 is 0 Å². The van der Waals surface area contributed by atoms with Crippen LogP contribution in [0.15, 0.2) is 30.3 Å². The molecule has 0 aromatic heterocycles. The van der Waals surface area contributed by atoms with Crippen LogP contribution in [0.1, 0.15) is 76.1 Å². The van der Waals surface area contributed by atoms with Crippen molar-refractivity contribution in [2.45, 2.75) is 83.5 Å². The van der Waals surface area contributed by atoms with Crippen molar-refractivity contribution in [3.8, 4) is 0 Å². The number of benzene rings is 1. The second kappa shape index (κ2) is 12.1. The van der Waals surface area contributed by atoms with Crippen molar-refractivity contribution < 1.29 is 4.79 Å². The van der Waals surface area contributed by atoms with E-state index in [1.54, 1.807) is 0 Å². The van der Waals surface area contributed by atoms with Gasteiger partial charge in [-0.25, -0.2) is 0 Å². The summed E-state index contributed by atoms with van der Waals surface area (Å²) >= 11 is -2.13. The molecule has 1 rings (SSSR count). The molecule has 0 spiro atoms. The number of Topliss-reactive ketones (excluding diaryl/α,β-unsaturated/α-hetero) is 1. The average Bonchev–Trinajstić information content (AvgIpc) is 2.61. The van der Waals surface area contributed by atoms with E-state index in [1.807, 2.05) is 30.3 Å². The maximum atomic E-state index is 12.5. The van der Waals surface area contributed by atoms with Crippen molar-refractivity contribution in [1.29, 1.82) is 0 Å². The summed E-state index contributed by atoms with van der Waals surface area (Å²) < 4.78 is 5.80. The summed E-state index contributed by atoms with van der Waals surface area (Å²) in [4.78, 5) is 12.5. The summed E-state index contributed by atoms with van der Waals surface area (Å²) in [6, 6.07) is 9.90. The van der Waals surface area contributed by atoms with Crippen LogP contribution in [0.2, 0.25) is 17.7 Å². The Morgan fingerprint density at radius 3 is 1.70 bits per heavy atom. The van der Waals surface area contributed by atoms with Crippen molar-refractivity contribution in [3.05, 3.63) is 35.9 Å². The molecule has 1 aromatic carbocycles. The van der Waals surface area contributed by atoms with E-state index in [0.717, 1.165) is 12.0 Å². The number of ketones is 1. The van der Waals surface area contributed by atoms with E-state index >= 15 is 0 Å². The summed E-state index contributed by atoms with van der Waals surface area (Å²) in [6.07, 6.45) is 8.91. The fourth-order valence-electron chi connectivity index (χ4n) is 3.55. The molecule has 1 nitrogen and oxygen atoms in total. The van der Waals surface area contributed by atoms with Crippen LogP contribution < -0.4 is 0 Å². The molecule has 130 valence electrons. The van der Waals surface area contributed by atoms with Gasteiger partial charge in [-0.15, -0.1) is 0 Å². The molecule has 2 heteroatoms. The predicted octanol–water partition coefficient (Wildman–Crippen LogP) is 7.11. The van der Waals surface area contributed by atoms with Gasteiger partial charge in [-0.05, 0) is 0 Å². The van der Waals surface area contributed by atoms with E-state index in [1.165, 1.54) is 56.3 Å². The van der Waals surface area contributed by atoms with Crippen LogP contribution in [0.4, 0.5) is 0 Å². The normalized spacial score (nSPS) is 11.6. The van der Waals surface area contributed by atoms with Crippen molar-refractivity contribution in [1.82, 2.24) is 0 Å². The minimum atomic E-state index is -2.13. The molecule has 0 heterocycles. The number of carbonyl (C=O) groups is 1. The van der Waals surface area contributed by atoms with Gasteiger partial charge in [0.2, 0.25) is 0 Å². The Labute approximate surface area is 148 Å². The minimum absolute atomic E-state index is 0.371. The molecule has 0 amide bonds. The van der Waals surface area contributed by atoms with Crippen LogP contribution in [0.3, 0.4) is 0 Å². The van der Waals surface area contributed by atoms with E-state index < -0.39 is 18.4 Å². The number of carbonyl (C=O) groups excluding carboxylic acids is 1. The topological polar surface area (TPSA) is 17.1 Å². The van der Waals surface area contributed by atoms with Crippen LogP contribution in [-0.4, -0.2) is 24.2 Å². The molecule has 23 heavy (non-hydrogen) atoms. The van der Waals surface area contributed by atoms with Crippen LogP contribution in [0, 0.1) is 0 Å². The molecule has 0 aliphatic heterocycles. The van der Waals surface area contributed by atoms with Crippen LogP contribution in [-0.2, 0) is 0 Å². The van der Waals surface area contributed by atoms with E-state index in [9.17, 15) is 4.79 Å². The zero-order valence-electron chi connectivity index (χ0n) is 15.6. The maximum absolute atomic E-state index is 12.5. The molecule has 0 fully saturated rings. The molecular weight excluding hydrogens is 387 g/mol. The number of rotatable bonds is 13. The summed E-state index contributed by atoms with van der Waals surface area (Å²) in [6.45, 7) is 6.93. The SMILES string of the molecule is CCC[CH2][Sn]([CH2]CCC)([CH2]CCC)[CH2]CC(=O)c1ccccc1. The standard InChI is InChI=1S/C9H9O.3C4H9.Sn/c1-2-9(10)8-6-4-3-5-7-8;3*1-3-4-2;/h3-7H,1-2H2;3*1,3-4H2,2H3;. The average molecular weight is 423 g/mol. The fourth-order valence-corrected chi connectivity index (χ4v) is 19.4. The molecule has 1 aromatic rings. The van der Waals surface area contributed by atoms with Gasteiger partial charge in [-0.2, -0.15) is 0 Å². The van der Waals surface area contributed by atoms with Gasteiger partial charge in [0.05, 0.1) is 0 Å². The van der Waals surface area contributed by atoms with Gasteiger partial charge >= 0.3 is 148 Å². The second-order valence-corrected chi connectivity index (χ2v) is 21.4.